The second-order valence-electron chi connectivity index (χ2n) is 7.19. The zero-order chi connectivity index (χ0) is 17.3. The number of aryl methyl sites for hydroxylation is 4. The van der Waals surface area contributed by atoms with Crippen molar-refractivity contribution in [3.63, 3.8) is 0 Å². The summed E-state index contributed by atoms with van der Waals surface area (Å²) in [4.78, 5) is 0. The van der Waals surface area contributed by atoms with E-state index in [9.17, 15) is 0 Å². The molecule has 0 fully saturated rings. The molecule has 0 spiro atoms. The van der Waals surface area contributed by atoms with Crippen LogP contribution in [0, 0.1) is 33.8 Å². The SMILES string of the molecule is CCC1=C(C(c2cc(C)cc(C)c2)c2cc(C)cc(C)c2)CC=[C-]1.[Cl-].[Cl-].[Cl-].[Ti+4]. The first kappa shape index (κ1) is 29.7. The third-order valence-electron chi connectivity index (χ3n) is 4.84. The number of hydrogen-bond donors (Lipinski definition) is 0. The third-order valence-corrected chi connectivity index (χ3v) is 4.84. The van der Waals surface area contributed by atoms with Crippen LogP contribution in [0.2, 0.25) is 0 Å². The van der Waals surface area contributed by atoms with Gasteiger partial charge >= 0.3 is 21.7 Å². The molecule has 4 heteroatoms. The van der Waals surface area contributed by atoms with Gasteiger partial charge in [0.05, 0.1) is 0 Å². The molecule has 0 radical (unpaired) electrons. The van der Waals surface area contributed by atoms with Crippen LogP contribution in [0.25, 0.3) is 0 Å². The minimum Gasteiger partial charge on any atom is -1.00 e. The van der Waals surface area contributed by atoms with Gasteiger partial charge in [0.2, 0.25) is 0 Å². The van der Waals surface area contributed by atoms with E-state index in [4.69, 9.17) is 0 Å². The van der Waals surface area contributed by atoms with Gasteiger partial charge in [-0.2, -0.15) is 11.6 Å². The Morgan fingerprint density at radius 2 is 1.14 bits per heavy atom. The van der Waals surface area contributed by atoms with Gasteiger partial charge in [-0.15, -0.1) is 0 Å². The van der Waals surface area contributed by atoms with Gasteiger partial charge in [0.25, 0.3) is 0 Å². The molecule has 0 amide bonds. The molecule has 2 aromatic rings. The van der Waals surface area contributed by atoms with E-state index in [2.05, 4.69) is 83.2 Å². The maximum Gasteiger partial charge on any atom is 4.00 e. The Morgan fingerprint density at radius 1 is 0.750 bits per heavy atom. The molecule has 0 saturated carbocycles. The topological polar surface area (TPSA) is 0 Å². The van der Waals surface area contributed by atoms with E-state index in [1.165, 1.54) is 44.5 Å². The predicted molar refractivity (Wildman–Crippen MR) is 103 cm³/mol. The Bertz CT molecular complexity index is 746. The van der Waals surface area contributed by atoms with Crippen LogP contribution in [-0.2, 0) is 21.7 Å². The van der Waals surface area contributed by atoms with Crippen molar-refractivity contribution < 1.29 is 58.9 Å². The number of hydrogen-bond acceptors (Lipinski definition) is 0. The van der Waals surface area contributed by atoms with Crippen molar-refractivity contribution >= 4 is 0 Å². The van der Waals surface area contributed by atoms with Crippen molar-refractivity contribution in [2.24, 2.45) is 0 Å². The summed E-state index contributed by atoms with van der Waals surface area (Å²) in [7, 11) is 0. The van der Waals surface area contributed by atoms with Crippen LogP contribution in [0.15, 0.2) is 53.6 Å². The first-order valence-electron chi connectivity index (χ1n) is 8.94. The van der Waals surface area contributed by atoms with Gasteiger partial charge in [-0.3, -0.25) is 6.08 Å². The van der Waals surface area contributed by atoms with Gasteiger partial charge < -0.3 is 37.2 Å². The Hall–Kier alpha value is -0.496. The van der Waals surface area contributed by atoms with E-state index in [1.54, 1.807) is 0 Å². The van der Waals surface area contributed by atoms with Crippen LogP contribution in [0.5, 0.6) is 0 Å². The summed E-state index contributed by atoms with van der Waals surface area (Å²) in [5.74, 6) is 0.336. The quantitative estimate of drug-likeness (QED) is 0.344. The van der Waals surface area contributed by atoms with Gasteiger partial charge in [-0.05, 0) is 33.6 Å². The molecule has 0 nitrogen and oxygen atoms in total. The molecular formula is C24H27Cl3Ti. The van der Waals surface area contributed by atoms with E-state index in [1.807, 2.05) is 0 Å². The first-order valence-corrected chi connectivity index (χ1v) is 8.94. The smallest absolute Gasteiger partial charge is 1.00 e. The summed E-state index contributed by atoms with van der Waals surface area (Å²) in [5.41, 5.74) is 11.1. The van der Waals surface area contributed by atoms with Crippen molar-refractivity contribution in [3.8, 4) is 0 Å². The Kier molecular flexibility index (Phi) is 13.7. The fraction of sp³-hybridized carbons (Fsp3) is 0.333. The molecular weight excluding hydrogens is 442 g/mol. The summed E-state index contributed by atoms with van der Waals surface area (Å²) in [6, 6.07) is 13.9. The minimum absolute atomic E-state index is 0. The van der Waals surface area contributed by atoms with Crippen molar-refractivity contribution in [1.29, 1.82) is 0 Å². The van der Waals surface area contributed by atoms with Crippen LogP contribution in [0.4, 0.5) is 0 Å². The summed E-state index contributed by atoms with van der Waals surface area (Å²) < 4.78 is 0. The molecule has 1 aliphatic rings. The van der Waals surface area contributed by atoms with Gasteiger partial charge in [0.15, 0.2) is 0 Å². The average Bonchev–Trinajstić information content (AvgIpc) is 2.93. The van der Waals surface area contributed by atoms with E-state index in [0.29, 0.717) is 5.92 Å². The molecule has 28 heavy (non-hydrogen) atoms. The summed E-state index contributed by atoms with van der Waals surface area (Å²) in [5, 5.41) is 0. The standard InChI is InChI=1S/C24H27.3ClH.Ti/c1-6-20-8-7-9-23(20)24(21-12-16(2)10-17(3)13-21)22-14-18(4)11-19(5)15-22;;;;/h7,10-15,24H,6,9H2,1-5H3;3*1H;/q-1;;;;+4/p-3. The Labute approximate surface area is 204 Å². The van der Waals surface area contributed by atoms with Gasteiger partial charge in [-0.25, -0.2) is 5.57 Å². The van der Waals surface area contributed by atoms with Crippen molar-refractivity contribution in [3.05, 3.63) is 93.1 Å². The molecule has 0 heterocycles. The molecule has 3 rings (SSSR count). The number of halogens is 3. The second kappa shape index (κ2) is 12.9. The molecule has 0 aromatic heterocycles. The molecule has 0 N–H and O–H groups in total. The summed E-state index contributed by atoms with van der Waals surface area (Å²) in [6.45, 7) is 11.0. The van der Waals surface area contributed by atoms with E-state index in [0.717, 1.165) is 12.8 Å². The largest absolute Gasteiger partial charge is 4.00 e. The zero-order valence-electron chi connectivity index (χ0n) is 17.2. The van der Waals surface area contributed by atoms with Crippen LogP contribution >= 0.6 is 0 Å². The monoisotopic (exact) mass is 468 g/mol. The van der Waals surface area contributed by atoms with Crippen LogP contribution < -0.4 is 37.2 Å². The van der Waals surface area contributed by atoms with Crippen molar-refractivity contribution in [2.45, 2.75) is 53.4 Å². The number of benzene rings is 2. The fourth-order valence-electron chi connectivity index (χ4n) is 4.07. The van der Waals surface area contributed by atoms with E-state index < -0.39 is 0 Å². The van der Waals surface area contributed by atoms with Gasteiger partial charge in [-0.1, -0.05) is 89.5 Å². The normalized spacial score (nSPS) is 12.1. The maximum atomic E-state index is 3.49. The molecule has 0 bridgehead atoms. The zero-order valence-corrected chi connectivity index (χ0v) is 21.0. The number of rotatable bonds is 4. The van der Waals surface area contributed by atoms with Crippen molar-refractivity contribution in [2.75, 3.05) is 0 Å². The van der Waals surface area contributed by atoms with Gasteiger partial charge in [0.1, 0.15) is 0 Å². The molecule has 1 aliphatic carbocycles. The fourth-order valence-corrected chi connectivity index (χ4v) is 4.07. The first-order chi connectivity index (χ1) is 11.5. The van der Waals surface area contributed by atoms with Crippen LogP contribution in [0.3, 0.4) is 0 Å². The minimum atomic E-state index is 0. The third kappa shape index (κ3) is 6.79. The summed E-state index contributed by atoms with van der Waals surface area (Å²) >= 11 is 0. The van der Waals surface area contributed by atoms with Crippen molar-refractivity contribution in [1.82, 2.24) is 0 Å². The van der Waals surface area contributed by atoms with Gasteiger partial charge in [0, 0.05) is 0 Å². The average molecular weight is 470 g/mol. The molecule has 0 atom stereocenters. The maximum absolute atomic E-state index is 3.49. The molecule has 148 valence electrons. The van der Waals surface area contributed by atoms with E-state index in [-0.39, 0.29) is 58.9 Å². The Morgan fingerprint density at radius 3 is 1.50 bits per heavy atom. The number of allylic oxidation sites excluding steroid dienone is 4. The molecule has 2 aromatic carbocycles. The Balaban J connectivity index is 0. The predicted octanol–water partition coefficient (Wildman–Crippen LogP) is -2.47. The molecule has 0 unspecified atom stereocenters. The molecule has 0 saturated heterocycles. The van der Waals surface area contributed by atoms with Crippen LogP contribution in [-0.4, -0.2) is 0 Å². The second-order valence-corrected chi connectivity index (χ2v) is 7.19. The van der Waals surface area contributed by atoms with E-state index >= 15 is 0 Å². The van der Waals surface area contributed by atoms with Crippen LogP contribution in [0.1, 0.15) is 59.1 Å². The molecule has 0 aliphatic heterocycles. The summed E-state index contributed by atoms with van der Waals surface area (Å²) in [6.07, 6.45) is 7.77.